The first kappa shape index (κ1) is 18.2. The molecule has 0 radical (unpaired) electrons. The SMILES string of the molecule is CSC1=NCCc2c(C)cccc21.Cc1cccc2c1CCNC2=S. The topological polar surface area (TPSA) is 24.4 Å². The second-order valence-corrected chi connectivity index (χ2v) is 7.55. The van der Waals surface area contributed by atoms with Crippen LogP contribution in [0.15, 0.2) is 41.4 Å². The van der Waals surface area contributed by atoms with Crippen LogP contribution in [-0.2, 0) is 12.8 Å². The molecule has 2 aromatic carbocycles. The minimum Gasteiger partial charge on any atom is -0.375 e. The van der Waals surface area contributed by atoms with Gasteiger partial charge in [0.25, 0.3) is 0 Å². The molecule has 0 atom stereocenters. The van der Waals surface area contributed by atoms with Gasteiger partial charge in [0, 0.05) is 24.2 Å². The van der Waals surface area contributed by atoms with Crippen molar-refractivity contribution in [2.24, 2.45) is 4.99 Å². The number of hydrogen-bond acceptors (Lipinski definition) is 3. The fourth-order valence-corrected chi connectivity index (χ4v) is 4.33. The van der Waals surface area contributed by atoms with E-state index in [0.717, 1.165) is 30.9 Å². The van der Waals surface area contributed by atoms with E-state index in [2.05, 4.69) is 66.8 Å². The number of aliphatic imine (C=N–C) groups is 1. The van der Waals surface area contributed by atoms with E-state index in [1.807, 2.05) is 0 Å². The molecule has 0 aromatic heterocycles. The second kappa shape index (κ2) is 8.15. The van der Waals surface area contributed by atoms with Crippen LogP contribution in [0.2, 0.25) is 0 Å². The molecule has 0 saturated heterocycles. The van der Waals surface area contributed by atoms with E-state index < -0.39 is 0 Å². The van der Waals surface area contributed by atoms with E-state index >= 15 is 0 Å². The summed E-state index contributed by atoms with van der Waals surface area (Å²) in [7, 11) is 0. The maximum absolute atomic E-state index is 5.21. The molecule has 25 heavy (non-hydrogen) atoms. The zero-order valence-corrected chi connectivity index (χ0v) is 16.7. The number of thioether (sulfide) groups is 1. The first-order chi connectivity index (χ1) is 12.1. The van der Waals surface area contributed by atoms with Gasteiger partial charge in [-0.2, -0.15) is 0 Å². The van der Waals surface area contributed by atoms with Gasteiger partial charge in [-0.15, -0.1) is 11.8 Å². The van der Waals surface area contributed by atoms with Crippen LogP contribution in [0.1, 0.15) is 33.4 Å². The van der Waals surface area contributed by atoms with Crippen molar-refractivity contribution < 1.29 is 0 Å². The highest BCUT2D eigenvalue weighted by Crippen LogP contribution is 2.23. The van der Waals surface area contributed by atoms with Gasteiger partial charge in [-0.3, -0.25) is 4.99 Å². The fraction of sp³-hybridized carbons (Fsp3) is 0.333. The molecule has 2 aromatic rings. The van der Waals surface area contributed by atoms with Crippen molar-refractivity contribution in [2.75, 3.05) is 19.3 Å². The van der Waals surface area contributed by atoms with Gasteiger partial charge >= 0.3 is 0 Å². The van der Waals surface area contributed by atoms with Crippen LogP contribution in [0.25, 0.3) is 0 Å². The first-order valence-electron chi connectivity index (χ1n) is 8.66. The largest absolute Gasteiger partial charge is 0.375 e. The molecule has 130 valence electrons. The summed E-state index contributed by atoms with van der Waals surface area (Å²) in [5.74, 6) is 0. The van der Waals surface area contributed by atoms with E-state index in [1.165, 1.54) is 38.4 Å². The van der Waals surface area contributed by atoms with Gasteiger partial charge < -0.3 is 5.32 Å². The van der Waals surface area contributed by atoms with Gasteiger partial charge in [-0.05, 0) is 55.2 Å². The minimum absolute atomic E-state index is 0.903. The third-order valence-electron chi connectivity index (χ3n) is 4.77. The Labute approximate surface area is 160 Å². The highest BCUT2D eigenvalue weighted by molar-refractivity contribution is 8.13. The van der Waals surface area contributed by atoms with Crippen molar-refractivity contribution in [1.82, 2.24) is 5.32 Å². The number of fused-ring (bicyclic) bond motifs is 2. The maximum Gasteiger partial charge on any atom is 0.106 e. The van der Waals surface area contributed by atoms with E-state index in [0.29, 0.717) is 0 Å². The Kier molecular flexibility index (Phi) is 5.92. The molecule has 2 heterocycles. The predicted molar refractivity (Wildman–Crippen MR) is 114 cm³/mol. The van der Waals surface area contributed by atoms with Crippen molar-refractivity contribution in [2.45, 2.75) is 26.7 Å². The van der Waals surface area contributed by atoms with Gasteiger partial charge in [0.15, 0.2) is 0 Å². The van der Waals surface area contributed by atoms with Crippen LogP contribution < -0.4 is 5.32 Å². The molecule has 0 aliphatic carbocycles. The Morgan fingerprint density at radius 3 is 2.24 bits per heavy atom. The molecule has 1 N–H and O–H groups in total. The molecule has 0 fully saturated rings. The number of benzene rings is 2. The number of hydrogen-bond donors (Lipinski definition) is 1. The molecule has 2 aliphatic rings. The molecule has 0 saturated carbocycles. The molecule has 2 nitrogen and oxygen atoms in total. The minimum atomic E-state index is 0.903. The number of nitrogens with zero attached hydrogens (tertiary/aromatic N) is 1. The molecular weight excluding hydrogens is 344 g/mol. The number of rotatable bonds is 0. The summed E-state index contributed by atoms with van der Waals surface area (Å²) in [6.45, 7) is 6.26. The van der Waals surface area contributed by atoms with Gasteiger partial charge in [0.2, 0.25) is 0 Å². The van der Waals surface area contributed by atoms with Crippen LogP contribution in [0, 0.1) is 13.8 Å². The second-order valence-electron chi connectivity index (χ2n) is 6.35. The zero-order valence-electron chi connectivity index (χ0n) is 15.1. The normalized spacial score (nSPS) is 15.2. The third kappa shape index (κ3) is 3.96. The molecule has 0 spiro atoms. The summed E-state index contributed by atoms with van der Waals surface area (Å²) >= 11 is 6.96. The van der Waals surface area contributed by atoms with Gasteiger partial charge in [0.05, 0.1) is 5.04 Å². The molecule has 0 bridgehead atoms. The quantitative estimate of drug-likeness (QED) is 0.694. The summed E-state index contributed by atoms with van der Waals surface area (Å²) in [4.78, 5) is 5.41. The fourth-order valence-electron chi connectivity index (χ4n) is 3.41. The molecular formula is C21H24N2S2. The summed E-state index contributed by atoms with van der Waals surface area (Å²) in [5, 5.41) is 4.40. The van der Waals surface area contributed by atoms with Crippen LogP contribution >= 0.6 is 24.0 Å². The monoisotopic (exact) mass is 368 g/mol. The summed E-state index contributed by atoms with van der Waals surface area (Å²) in [6.07, 6.45) is 4.30. The maximum atomic E-state index is 5.21. The Bertz CT molecular complexity index is 825. The van der Waals surface area contributed by atoms with E-state index in [-0.39, 0.29) is 0 Å². The average molecular weight is 369 g/mol. The predicted octanol–water partition coefficient (Wildman–Crippen LogP) is 4.48. The number of nitrogens with one attached hydrogen (secondary N) is 1. The molecule has 0 amide bonds. The van der Waals surface area contributed by atoms with Crippen molar-refractivity contribution >= 4 is 34.0 Å². The smallest absolute Gasteiger partial charge is 0.106 e. The van der Waals surface area contributed by atoms with Crippen molar-refractivity contribution in [1.29, 1.82) is 0 Å². The molecule has 4 heteroatoms. The van der Waals surface area contributed by atoms with Crippen molar-refractivity contribution in [3.8, 4) is 0 Å². The van der Waals surface area contributed by atoms with Crippen LogP contribution in [-0.4, -0.2) is 29.4 Å². The molecule has 0 unspecified atom stereocenters. The lowest BCUT2D eigenvalue weighted by Gasteiger charge is -2.20. The first-order valence-corrected chi connectivity index (χ1v) is 10.3. The Morgan fingerprint density at radius 1 is 0.960 bits per heavy atom. The molecule has 2 aliphatic heterocycles. The van der Waals surface area contributed by atoms with Crippen molar-refractivity contribution in [3.63, 3.8) is 0 Å². The van der Waals surface area contributed by atoms with E-state index in [4.69, 9.17) is 12.2 Å². The standard InChI is InChI=1S/C11H13NS.C10H11NS/c1-8-4-3-5-10-9(8)6-7-12-11(10)13-2;1-7-3-2-4-9-8(7)5-6-11-10(9)12/h3-5H,6-7H2,1-2H3;2-4H,5-6H2,1H3,(H,11,12). The van der Waals surface area contributed by atoms with E-state index in [9.17, 15) is 0 Å². The Balaban J connectivity index is 0.000000146. The summed E-state index contributed by atoms with van der Waals surface area (Å²) in [6, 6.07) is 12.8. The number of thiocarbonyl (C=S) groups is 1. The van der Waals surface area contributed by atoms with Gasteiger partial charge in [-0.25, -0.2) is 0 Å². The lowest BCUT2D eigenvalue weighted by atomic mass is 9.96. The number of aryl methyl sites for hydroxylation is 2. The highest BCUT2D eigenvalue weighted by atomic mass is 32.2. The Hall–Kier alpha value is -1.65. The summed E-state index contributed by atoms with van der Waals surface area (Å²) in [5.41, 5.74) is 8.23. The highest BCUT2D eigenvalue weighted by Gasteiger charge is 2.14. The summed E-state index contributed by atoms with van der Waals surface area (Å²) < 4.78 is 0. The van der Waals surface area contributed by atoms with Gasteiger partial charge in [0.1, 0.15) is 4.99 Å². The average Bonchev–Trinajstić information content (AvgIpc) is 2.63. The lowest BCUT2D eigenvalue weighted by Crippen LogP contribution is -2.31. The lowest BCUT2D eigenvalue weighted by molar-refractivity contribution is 0.842. The van der Waals surface area contributed by atoms with Crippen molar-refractivity contribution in [3.05, 3.63) is 69.8 Å². The Morgan fingerprint density at radius 2 is 1.60 bits per heavy atom. The van der Waals surface area contributed by atoms with Gasteiger partial charge in [-0.1, -0.05) is 48.6 Å². The van der Waals surface area contributed by atoms with Crippen LogP contribution in [0.3, 0.4) is 0 Å². The van der Waals surface area contributed by atoms with Crippen LogP contribution in [0.5, 0.6) is 0 Å². The zero-order chi connectivity index (χ0) is 17.8. The van der Waals surface area contributed by atoms with E-state index in [1.54, 1.807) is 11.8 Å². The van der Waals surface area contributed by atoms with Crippen LogP contribution in [0.4, 0.5) is 0 Å². The third-order valence-corrected chi connectivity index (χ3v) is 5.87. The molecule has 4 rings (SSSR count).